The molecule has 0 aromatic heterocycles. The van der Waals surface area contributed by atoms with Crippen molar-refractivity contribution in [1.82, 2.24) is 9.62 Å². The van der Waals surface area contributed by atoms with Gasteiger partial charge in [-0.15, -0.1) is 0 Å². The van der Waals surface area contributed by atoms with Crippen molar-refractivity contribution in [2.45, 2.75) is 69.2 Å². The van der Waals surface area contributed by atoms with Gasteiger partial charge in [-0.25, -0.2) is 8.42 Å². The van der Waals surface area contributed by atoms with Crippen molar-refractivity contribution in [3.05, 3.63) is 29.8 Å². The highest BCUT2D eigenvalue weighted by molar-refractivity contribution is 7.89. The zero-order valence-electron chi connectivity index (χ0n) is 15.5. The number of hydrogen-bond donors (Lipinski definition) is 1. The van der Waals surface area contributed by atoms with E-state index >= 15 is 0 Å². The normalized spacial score (nSPS) is 20.0. The van der Waals surface area contributed by atoms with E-state index in [1.165, 1.54) is 19.3 Å². The molecule has 2 aliphatic rings. The van der Waals surface area contributed by atoms with Crippen LogP contribution in [0.3, 0.4) is 0 Å². The maximum atomic E-state index is 12.6. The third kappa shape index (κ3) is 5.07. The molecule has 1 aromatic carbocycles. The van der Waals surface area contributed by atoms with Crippen LogP contribution in [0.1, 0.15) is 63.4 Å². The van der Waals surface area contributed by atoms with Gasteiger partial charge in [0, 0.05) is 26.1 Å². The van der Waals surface area contributed by atoms with Gasteiger partial charge in [-0.3, -0.25) is 4.79 Å². The zero-order valence-corrected chi connectivity index (χ0v) is 16.3. The molecular formula is C20H30N2O3S. The zero-order chi connectivity index (χ0) is 18.4. The average Bonchev–Trinajstić information content (AvgIpc) is 2.68. The Labute approximate surface area is 157 Å². The second-order valence-electron chi connectivity index (χ2n) is 7.59. The van der Waals surface area contributed by atoms with Crippen LogP contribution in [0.15, 0.2) is 29.2 Å². The number of hydrogen-bond acceptors (Lipinski definition) is 3. The number of sulfonamides is 1. The molecule has 5 nitrogen and oxygen atoms in total. The highest BCUT2D eigenvalue weighted by atomic mass is 32.2. The molecule has 0 unspecified atom stereocenters. The van der Waals surface area contributed by atoms with Crippen molar-refractivity contribution < 1.29 is 13.2 Å². The predicted molar refractivity (Wildman–Crippen MR) is 102 cm³/mol. The van der Waals surface area contributed by atoms with Gasteiger partial charge < -0.3 is 5.32 Å². The van der Waals surface area contributed by atoms with Gasteiger partial charge >= 0.3 is 0 Å². The van der Waals surface area contributed by atoms with Gasteiger partial charge in [0.1, 0.15) is 0 Å². The number of nitrogens with zero attached hydrogens (tertiary/aromatic N) is 1. The molecule has 2 fully saturated rings. The number of amides is 1. The highest BCUT2D eigenvalue weighted by Crippen LogP contribution is 2.26. The minimum Gasteiger partial charge on any atom is -0.352 e. The summed E-state index contributed by atoms with van der Waals surface area (Å²) in [6.07, 6.45) is 9.69. The fourth-order valence-electron chi connectivity index (χ4n) is 3.96. The lowest BCUT2D eigenvalue weighted by Crippen LogP contribution is -2.35. The van der Waals surface area contributed by atoms with Gasteiger partial charge in [-0.05, 0) is 49.3 Å². The first-order valence-corrected chi connectivity index (χ1v) is 11.4. The van der Waals surface area contributed by atoms with E-state index in [2.05, 4.69) is 5.32 Å². The first kappa shape index (κ1) is 19.4. The first-order valence-electron chi connectivity index (χ1n) is 9.91. The summed E-state index contributed by atoms with van der Waals surface area (Å²) in [4.78, 5) is 12.4. The van der Waals surface area contributed by atoms with Crippen LogP contribution < -0.4 is 5.32 Å². The molecule has 1 saturated carbocycles. The molecule has 26 heavy (non-hydrogen) atoms. The van der Waals surface area contributed by atoms with E-state index in [1.807, 2.05) is 0 Å². The van der Waals surface area contributed by atoms with Crippen LogP contribution in [0.4, 0.5) is 0 Å². The van der Waals surface area contributed by atoms with Gasteiger partial charge in [0.05, 0.1) is 4.90 Å². The fourth-order valence-corrected chi connectivity index (χ4v) is 5.48. The topological polar surface area (TPSA) is 66.5 Å². The Kier molecular flexibility index (Phi) is 6.70. The molecule has 0 atom stereocenters. The molecule has 3 rings (SSSR count). The molecule has 1 amide bonds. The standard InChI is InChI=1S/C20H30N2O3S/c23-20(15-17-7-3-1-4-8-17)21-16-18-9-11-19(12-10-18)26(24,25)22-13-5-2-6-14-22/h9-12,17H,1-8,13-16H2,(H,21,23). The van der Waals surface area contributed by atoms with Crippen LogP contribution in [0.2, 0.25) is 0 Å². The van der Waals surface area contributed by atoms with Crippen molar-refractivity contribution in [3.8, 4) is 0 Å². The molecule has 1 saturated heterocycles. The van der Waals surface area contributed by atoms with E-state index in [1.54, 1.807) is 28.6 Å². The molecule has 144 valence electrons. The van der Waals surface area contributed by atoms with Gasteiger partial charge in [-0.2, -0.15) is 4.31 Å². The number of nitrogens with one attached hydrogen (secondary N) is 1. The highest BCUT2D eigenvalue weighted by Gasteiger charge is 2.25. The first-order chi connectivity index (χ1) is 12.6. The smallest absolute Gasteiger partial charge is 0.243 e. The summed E-state index contributed by atoms with van der Waals surface area (Å²) >= 11 is 0. The molecule has 1 aliphatic carbocycles. The second kappa shape index (κ2) is 9.00. The molecule has 0 spiro atoms. The van der Waals surface area contributed by atoms with E-state index in [-0.39, 0.29) is 5.91 Å². The lowest BCUT2D eigenvalue weighted by Gasteiger charge is -2.25. The maximum absolute atomic E-state index is 12.6. The quantitative estimate of drug-likeness (QED) is 0.824. The summed E-state index contributed by atoms with van der Waals surface area (Å²) < 4.78 is 26.9. The second-order valence-corrected chi connectivity index (χ2v) is 9.53. The minimum atomic E-state index is -3.38. The van der Waals surface area contributed by atoms with Crippen molar-refractivity contribution in [1.29, 1.82) is 0 Å². The van der Waals surface area contributed by atoms with Crippen molar-refractivity contribution in [3.63, 3.8) is 0 Å². The molecule has 6 heteroatoms. The third-order valence-electron chi connectivity index (χ3n) is 5.56. The van der Waals surface area contributed by atoms with Crippen molar-refractivity contribution >= 4 is 15.9 Å². The maximum Gasteiger partial charge on any atom is 0.243 e. The predicted octanol–water partition coefficient (Wildman–Crippen LogP) is 3.45. The van der Waals surface area contributed by atoms with Crippen LogP contribution in [0, 0.1) is 5.92 Å². The Morgan fingerprint density at radius 1 is 0.962 bits per heavy atom. The number of rotatable bonds is 6. The van der Waals surface area contributed by atoms with Crippen LogP contribution in [-0.2, 0) is 21.4 Å². The summed E-state index contributed by atoms with van der Waals surface area (Å²) in [6, 6.07) is 6.93. The summed E-state index contributed by atoms with van der Waals surface area (Å²) in [6.45, 7) is 1.68. The molecule has 1 aromatic rings. The Morgan fingerprint density at radius 3 is 2.23 bits per heavy atom. The summed E-state index contributed by atoms with van der Waals surface area (Å²) in [5.41, 5.74) is 0.930. The van der Waals surface area contributed by atoms with E-state index in [9.17, 15) is 13.2 Å². The van der Waals surface area contributed by atoms with Crippen LogP contribution in [0.25, 0.3) is 0 Å². The molecule has 0 radical (unpaired) electrons. The minimum absolute atomic E-state index is 0.0990. The largest absolute Gasteiger partial charge is 0.352 e. The Hall–Kier alpha value is -1.40. The Bertz CT molecular complexity index is 688. The molecule has 1 N–H and O–H groups in total. The van der Waals surface area contributed by atoms with Crippen LogP contribution in [-0.4, -0.2) is 31.7 Å². The third-order valence-corrected chi connectivity index (χ3v) is 7.48. The lowest BCUT2D eigenvalue weighted by atomic mass is 9.87. The molecular weight excluding hydrogens is 348 g/mol. The summed E-state index contributed by atoms with van der Waals surface area (Å²) in [5.74, 6) is 0.628. The Balaban J connectivity index is 1.51. The van der Waals surface area contributed by atoms with Gasteiger partial charge in [0.25, 0.3) is 0 Å². The Morgan fingerprint density at radius 2 is 1.58 bits per heavy atom. The molecule has 1 aliphatic heterocycles. The monoisotopic (exact) mass is 378 g/mol. The van der Waals surface area contributed by atoms with E-state index in [0.29, 0.717) is 36.9 Å². The van der Waals surface area contributed by atoms with Gasteiger partial charge in [0.2, 0.25) is 15.9 Å². The lowest BCUT2D eigenvalue weighted by molar-refractivity contribution is -0.122. The van der Waals surface area contributed by atoms with Crippen LogP contribution in [0.5, 0.6) is 0 Å². The van der Waals surface area contributed by atoms with Crippen LogP contribution >= 0.6 is 0 Å². The SMILES string of the molecule is O=C(CC1CCCCC1)NCc1ccc(S(=O)(=O)N2CCCCC2)cc1. The number of carbonyl (C=O) groups is 1. The van der Waals surface area contributed by atoms with Crippen molar-refractivity contribution in [2.75, 3.05) is 13.1 Å². The molecule has 0 bridgehead atoms. The summed E-state index contributed by atoms with van der Waals surface area (Å²) in [5, 5.41) is 2.97. The van der Waals surface area contributed by atoms with Gasteiger partial charge in [-0.1, -0.05) is 37.8 Å². The average molecular weight is 379 g/mol. The van der Waals surface area contributed by atoms with Crippen molar-refractivity contribution in [2.24, 2.45) is 5.92 Å². The van der Waals surface area contributed by atoms with E-state index in [4.69, 9.17) is 0 Å². The summed E-state index contributed by atoms with van der Waals surface area (Å²) in [7, 11) is -3.38. The fraction of sp³-hybridized carbons (Fsp3) is 0.650. The van der Waals surface area contributed by atoms with E-state index in [0.717, 1.165) is 37.7 Å². The number of carbonyl (C=O) groups excluding carboxylic acids is 1. The molecule has 1 heterocycles. The van der Waals surface area contributed by atoms with E-state index < -0.39 is 10.0 Å². The number of piperidine rings is 1. The number of benzene rings is 1. The van der Waals surface area contributed by atoms with Gasteiger partial charge in [0.15, 0.2) is 0 Å².